The summed E-state index contributed by atoms with van der Waals surface area (Å²) in [4.78, 5) is 13.6. The molecule has 0 spiro atoms. The van der Waals surface area contributed by atoms with Crippen molar-refractivity contribution in [3.05, 3.63) is 30.4 Å². The van der Waals surface area contributed by atoms with Crippen molar-refractivity contribution in [2.45, 2.75) is 46.0 Å². The molecule has 0 saturated heterocycles. The van der Waals surface area contributed by atoms with Crippen LogP contribution in [0.2, 0.25) is 0 Å². The van der Waals surface area contributed by atoms with Gasteiger partial charge in [0.2, 0.25) is 0 Å². The molecule has 0 aliphatic heterocycles. The molecule has 0 bridgehead atoms. The zero-order chi connectivity index (χ0) is 17.0. The number of hydrogen-bond acceptors (Lipinski definition) is 3. The summed E-state index contributed by atoms with van der Waals surface area (Å²) in [6.07, 6.45) is 4.71. The summed E-state index contributed by atoms with van der Waals surface area (Å²) < 4.78 is 16.5. The molecule has 0 radical (unpaired) electrons. The second-order valence-corrected chi connectivity index (χ2v) is 8.97. The van der Waals surface area contributed by atoms with Gasteiger partial charge in [0.15, 0.2) is 11.6 Å². The maximum Gasteiger partial charge on any atom is 0.176 e. The van der Waals surface area contributed by atoms with E-state index in [9.17, 15) is 9.18 Å². The van der Waals surface area contributed by atoms with Gasteiger partial charge in [0.25, 0.3) is 0 Å². The molecule has 2 heterocycles. The van der Waals surface area contributed by atoms with E-state index in [4.69, 9.17) is 0 Å². The lowest BCUT2D eigenvalue weighted by Gasteiger charge is -2.12. The van der Waals surface area contributed by atoms with Crippen molar-refractivity contribution < 1.29 is 9.18 Å². The maximum absolute atomic E-state index is 14.7. The van der Waals surface area contributed by atoms with Crippen molar-refractivity contribution >= 4 is 60.3 Å². The van der Waals surface area contributed by atoms with E-state index in [0.29, 0.717) is 17.9 Å². The largest absolute Gasteiger partial charge is 0.293 e. The molecule has 0 N–H and O–H groups in total. The molecule has 2 aromatic rings. The van der Waals surface area contributed by atoms with Gasteiger partial charge < -0.3 is 0 Å². The monoisotopic (exact) mass is 480 g/mol. The molecule has 1 unspecified atom stereocenters. The topological polar surface area (TPSA) is 17.1 Å². The standard InChI is InChI=1S/C17H19Br2FOS2/c1-3-5-6-10(4-2)7-13(21)17-15(20)11(8-22-17)16-14(19)12(18)9-23-16/h8-10H,3-7H2,1-2H3. The van der Waals surface area contributed by atoms with Gasteiger partial charge in [0.05, 0.1) is 9.35 Å². The predicted octanol–water partition coefficient (Wildman–Crippen LogP) is 7.93. The zero-order valence-corrected chi connectivity index (χ0v) is 17.9. The number of carbonyl (C=O) groups is 1. The molecule has 0 fully saturated rings. The summed E-state index contributed by atoms with van der Waals surface area (Å²) in [7, 11) is 0. The highest BCUT2D eigenvalue weighted by molar-refractivity contribution is 9.13. The fourth-order valence-corrected chi connectivity index (χ4v) is 5.65. The Morgan fingerprint density at radius 1 is 1.26 bits per heavy atom. The molecular formula is C17H19Br2FOS2. The SMILES string of the molecule is CCCCC(CC)CC(=O)c1scc(-c2scc(Br)c2Br)c1F. The van der Waals surface area contributed by atoms with Crippen molar-refractivity contribution in [3.63, 3.8) is 0 Å². The summed E-state index contributed by atoms with van der Waals surface area (Å²) in [5.74, 6) is -0.0798. The molecule has 0 aliphatic carbocycles. The first-order chi connectivity index (χ1) is 11.0. The Labute approximate surface area is 161 Å². The quantitative estimate of drug-likeness (QED) is 0.349. The molecule has 2 aromatic heterocycles. The van der Waals surface area contributed by atoms with E-state index in [1.165, 1.54) is 22.7 Å². The van der Waals surface area contributed by atoms with Crippen molar-refractivity contribution in [1.82, 2.24) is 0 Å². The number of unbranched alkanes of at least 4 members (excludes halogenated alkanes) is 1. The van der Waals surface area contributed by atoms with E-state index >= 15 is 0 Å². The van der Waals surface area contributed by atoms with Crippen molar-refractivity contribution in [2.75, 3.05) is 0 Å². The minimum Gasteiger partial charge on any atom is -0.293 e. The number of hydrogen-bond donors (Lipinski definition) is 0. The second kappa shape index (κ2) is 8.88. The van der Waals surface area contributed by atoms with Crippen LogP contribution < -0.4 is 0 Å². The Balaban J connectivity index is 2.18. The Bertz CT molecular complexity index is 678. The Morgan fingerprint density at radius 3 is 2.57 bits per heavy atom. The van der Waals surface area contributed by atoms with Crippen LogP contribution in [0.5, 0.6) is 0 Å². The van der Waals surface area contributed by atoms with Gasteiger partial charge in [-0.15, -0.1) is 22.7 Å². The Hall–Kier alpha value is -0.0400. The summed E-state index contributed by atoms with van der Waals surface area (Å²) in [6.45, 7) is 4.25. The normalized spacial score (nSPS) is 12.6. The van der Waals surface area contributed by atoms with Gasteiger partial charge in [-0.2, -0.15) is 0 Å². The molecular weight excluding hydrogens is 463 g/mol. The lowest BCUT2D eigenvalue weighted by molar-refractivity contribution is 0.0957. The fraction of sp³-hybridized carbons (Fsp3) is 0.471. The third-order valence-corrected chi connectivity index (χ3v) is 8.49. The van der Waals surface area contributed by atoms with E-state index in [-0.39, 0.29) is 16.5 Å². The van der Waals surface area contributed by atoms with Crippen LogP contribution in [0.3, 0.4) is 0 Å². The molecule has 0 aliphatic rings. The van der Waals surface area contributed by atoms with Crippen molar-refractivity contribution in [2.24, 2.45) is 5.92 Å². The summed E-state index contributed by atoms with van der Waals surface area (Å²) in [5.41, 5.74) is 0.516. The fourth-order valence-electron chi connectivity index (χ4n) is 2.49. The van der Waals surface area contributed by atoms with Gasteiger partial charge in [0, 0.05) is 27.2 Å². The number of carbonyl (C=O) groups excluding carboxylic acids is 1. The first kappa shape index (κ1) is 19.3. The van der Waals surface area contributed by atoms with Crippen LogP contribution in [0, 0.1) is 11.7 Å². The molecule has 0 aromatic carbocycles. The minimum atomic E-state index is -0.375. The molecule has 23 heavy (non-hydrogen) atoms. The van der Waals surface area contributed by atoms with E-state index in [1.54, 1.807) is 5.38 Å². The van der Waals surface area contributed by atoms with Crippen LogP contribution in [0.25, 0.3) is 10.4 Å². The number of halogens is 3. The van der Waals surface area contributed by atoms with E-state index in [1.807, 2.05) is 5.38 Å². The second-order valence-electron chi connectivity index (χ2n) is 5.56. The Kier molecular flexibility index (Phi) is 7.45. The number of rotatable bonds is 8. The number of thiophene rings is 2. The summed E-state index contributed by atoms with van der Waals surface area (Å²) in [5, 5.41) is 3.66. The first-order valence-electron chi connectivity index (χ1n) is 7.72. The molecule has 126 valence electrons. The lowest BCUT2D eigenvalue weighted by Crippen LogP contribution is -2.08. The van der Waals surface area contributed by atoms with Gasteiger partial charge >= 0.3 is 0 Å². The van der Waals surface area contributed by atoms with Gasteiger partial charge in [-0.1, -0.05) is 39.5 Å². The van der Waals surface area contributed by atoms with Gasteiger partial charge in [0.1, 0.15) is 4.88 Å². The van der Waals surface area contributed by atoms with Crippen LogP contribution in [0.15, 0.2) is 19.7 Å². The highest BCUT2D eigenvalue weighted by atomic mass is 79.9. The average molecular weight is 482 g/mol. The van der Waals surface area contributed by atoms with Crippen LogP contribution in [-0.2, 0) is 0 Å². The van der Waals surface area contributed by atoms with Crippen molar-refractivity contribution in [3.8, 4) is 10.4 Å². The smallest absolute Gasteiger partial charge is 0.176 e. The van der Waals surface area contributed by atoms with Gasteiger partial charge in [-0.05, 0) is 37.8 Å². The predicted molar refractivity (Wildman–Crippen MR) is 105 cm³/mol. The maximum atomic E-state index is 14.7. The molecule has 0 saturated carbocycles. The highest BCUT2D eigenvalue weighted by Crippen LogP contribution is 2.43. The number of ketones is 1. The third kappa shape index (κ3) is 4.53. The van der Waals surface area contributed by atoms with E-state index in [0.717, 1.165) is 39.5 Å². The molecule has 2 rings (SSSR count). The highest BCUT2D eigenvalue weighted by Gasteiger charge is 2.23. The van der Waals surface area contributed by atoms with E-state index < -0.39 is 0 Å². The van der Waals surface area contributed by atoms with Gasteiger partial charge in [-0.3, -0.25) is 4.79 Å². The van der Waals surface area contributed by atoms with Crippen LogP contribution >= 0.6 is 54.5 Å². The minimum absolute atomic E-state index is 0.0616. The summed E-state index contributed by atoms with van der Waals surface area (Å²) >= 11 is 9.56. The average Bonchev–Trinajstić information content (AvgIpc) is 3.07. The first-order valence-corrected chi connectivity index (χ1v) is 11.1. The van der Waals surface area contributed by atoms with Gasteiger partial charge in [-0.25, -0.2) is 4.39 Å². The van der Waals surface area contributed by atoms with Crippen LogP contribution in [0.1, 0.15) is 55.6 Å². The van der Waals surface area contributed by atoms with Crippen molar-refractivity contribution in [1.29, 1.82) is 0 Å². The molecule has 6 heteroatoms. The van der Waals surface area contributed by atoms with E-state index in [2.05, 4.69) is 45.7 Å². The Morgan fingerprint density at radius 2 is 2.00 bits per heavy atom. The molecule has 1 atom stereocenters. The molecule has 0 amide bonds. The lowest BCUT2D eigenvalue weighted by atomic mass is 9.93. The third-order valence-electron chi connectivity index (χ3n) is 3.93. The van der Waals surface area contributed by atoms with Crippen LogP contribution in [0.4, 0.5) is 4.39 Å². The zero-order valence-electron chi connectivity index (χ0n) is 13.1. The summed E-state index contributed by atoms with van der Waals surface area (Å²) in [6, 6.07) is 0. The van der Waals surface area contributed by atoms with Crippen LogP contribution in [-0.4, -0.2) is 5.78 Å². The number of Topliss-reactive ketones (excluding diaryl/α,β-unsaturated/α-hetero) is 1. The molecule has 1 nitrogen and oxygen atoms in total.